The molecule has 0 bridgehead atoms. The average Bonchev–Trinajstić information content (AvgIpc) is 3.45. The van der Waals surface area contributed by atoms with Gasteiger partial charge in [-0.2, -0.15) is 5.10 Å². The zero-order valence-electron chi connectivity index (χ0n) is 17.6. The van der Waals surface area contributed by atoms with Crippen molar-refractivity contribution in [2.75, 3.05) is 20.1 Å². The van der Waals surface area contributed by atoms with Crippen molar-refractivity contribution >= 4 is 11.6 Å². The number of aryl methyl sites for hydroxylation is 1. The number of carbonyl (C=O) groups is 1. The largest absolute Gasteiger partial charge is 0.457 e. The summed E-state index contributed by atoms with van der Waals surface area (Å²) < 4.78 is 7.56. The van der Waals surface area contributed by atoms with E-state index >= 15 is 0 Å². The Bertz CT molecular complexity index is 1240. The summed E-state index contributed by atoms with van der Waals surface area (Å²) in [6, 6.07) is 15.5. The van der Waals surface area contributed by atoms with Gasteiger partial charge >= 0.3 is 0 Å². The van der Waals surface area contributed by atoms with Gasteiger partial charge < -0.3 is 20.4 Å². The van der Waals surface area contributed by atoms with Crippen molar-refractivity contribution in [1.82, 2.24) is 19.5 Å². The second-order valence-corrected chi connectivity index (χ2v) is 8.26. The molecule has 0 spiro atoms. The fraction of sp³-hybridized carbons (Fsp3) is 0.250. The zero-order valence-corrected chi connectivity index (χ0v) is 17.6. The quantitative estimate of drug-likeness (QED) is 0.517. The normalized spacial score (nSPS) is 16.8. The molecule has 5 rings (SSSR count). The Labute approximate surface area is 180 Å². The molecule has 1 fully saturated rings. The number of ether oxygens (including phenoxy) is 1. The lowest BCUT2D eigenvalue weighted by Gasteiger charge is -2.08. The first-order valence-electron chi connectivity index (χ1n) is 10.4. The minimum absolute atomic E-state index is 0.361. The molecular formula is C24H25N5O2. The van der Waals surface area contributed by atoms with E-state index in [-0.39, 0.29) is 0 Å². The molecule has 7 nitrogen and oxygen atoms in total. The van der Waals surface area contributed by atoms with Crippen molar-refractivity contribution < 1.29 is 9.53 Å². The van der Waals surface area contributed by atoms with Crippen LogP contribution in [0.3, 0.4) is 0 Å². The molecule has 31 heavy (non-hydrogen) atoms. The van der Waals surface area contributed by atoms with E-state index in [9.17, 15) is 4.79 Å². The van der Waals surface area contributed by atoms with Crippen LogP contribution >= 0.6 is 0 Å². The number of imidazole rings is 1. The van der Waals surface area contributed by atoms with Crippen molar-refractivity contribution in [2.45, 2.75) is 19.3 Å². The van der Waals surface area contributed by atoms with Crippen LogP contribution in [0.25, 0.3) is 16.9 Å². The maximum Gasteiger partial charge on any atom is 0.269 e. The van der Waals surface area contributed by atoms with Crippen LogP contribution in [0, 0.1) is 6.92 Å². The molecule has 1 atom stereocenters. The van der Waals surface area contributed by atoms with Gasteiger partial charge in [-0.1, -0.05) is 17.7 Å². The highest BCUT2D eigenvalue weighted by molar-refractivity contribution is 5.98. The van der Waals surface area contributed by atoms with E-state index in [0.29, 0.717) is 17.3 Å². The Hall–Kier alpha value is -3.58. The lowest BCUT2D eigenvalue weighted by atomic mass is 10.0. The lowest BCUT2D eigenvalue weighted by Crippen LogP contribution is -2.15. The first-order valence-corrected chi connectivity index (χ1v) is 10.4. The van der Waals surface area contributed by atoms with Crippen LogP contribution in [0.2, 0.25) is 0 Å². The summed E-state index contributed by atoms with van der Waals surface area (Å²) in [6.07, 6.45) is 2.92. The minimum atomic E-state index is -0.514. The third kappa shape index (κ3) is 3.57. The Morgan fingerprint density at radius 3 is 2.42 bits per heavy atom. The van der Waals surface area contributed by atoms with Gasteiger partial charge in [0.15, 0.2) is 5.69 Å². The van der Waals surface area contributed by atoms with Gasteiger partial charge in [0.25, 0.3) is 5.91 Å². The molecule has 2 aromatic carbocycles. The number of nitrogens with two attached hydrogens (primary N) is 1. The average molecular weight is 415 g/mol. The highest BCUT2D eigenvalue weighted by Gasteiger charge is 2.27. The molecule has 4 aromatic rings. The van der Waals surface area contributed by atoms with E-state index in [1.807, 2.05) is 61.7 Å². The second-order valence-electron chi connectivity index (χ2n) is 8.26. The number of nitrogens with one attached hydrogen (secondary N) is 1. The molecule has 1 saturated heterocycles. The summed E-state index contributed by atoms with van der Waals surface area (Å²) in [5, 5.41) is 4.48. The molecule has 0 aliphatic carbocycles. The first-order chi connectivity index (χ1) is 15.0. The van der Waals surface area contributed by atoms with Crippen molar-refractivity contribution in [3.8, 4) is 22.8 Å². The molecule has 0 saturated carbocycles. The highest BCUT2D eigenvalue weighted by atomic mass is 16.5. The van der Waals surface area contributed by atoms with Crippen LogP contribution in [-0.2, 0) is 0 Å². The summed E-state index contributed by atoms with van der Waals surface area (Å²) in [7, 11) is 2.12. The van der Waals surface area contributed by atoms with Crippen molar-refractivity contribution in [2.24, 2.45) is 5.73 Å². The van der Waals surface area contributed by atoms with Crippen LogP contribution < -0.4 is 10.5 Å². The number of nitrogens with zero attached hydrogens (tertiary/aromatic N) is 3. The van der Waals surface area contributed by atoms with Crippen molar-refractivity contribution in [3.63, 3.8) is 0 Å². The van der Waals surface area contributed by atoms with Gasteiger partial charge in [-0.25, -0.2) is 4.52 Å². The zero-order chi connectivity index (χ0) is 21.5. The summed E-state index contributed by atoms with van der Waals surface area (Å²) in [4.78, 5) is 18.0. The number of likely N-dealkylation sites (tertiary alicyclic amines) is 1. The number of benzene rings is 2. The van der Waals surface area contributed by atoms with E-state index < -0.39 is 5.91 Å². The molecule has 1 aliphatic heterocycles. The molecule has 0 radical (unpaired) electrons. The van der Waals surface area contributed by atoms with Crippen molar-refractivity contribution in [1.29, 1.82) is 0 Å². The molecule has 1 aliphatic rings. The highest BCUT2D eigenvalue weighted by Crippen LogP contribution is 2.33. The smallest absolute Gasteiger partial charge is 0.269 e. The number of primary amides is 1. The molecule has 2 aromatic heterocycles. The monoisotopic (exact) mass is 415 g/mol. The van der Waals surface area contributed by atoms with Gasteiger partial charge in [0.05, 0.1) is 11.9 Å². The van der Waals surface area contributed by atoms with Gasteiger partial charge in [0, 0.05) is 23.6 Å². The Balaban J connectivity index is 1.49. The second kappa shape index (κ2) is 7.59. The number of aromatic nitrogens is 3. The number of hydrogen-bond donors (Lipinski definition) is 2. The topological polar surface area (TPSA) is 88.7 Å². The molecule has 158 valence electrons. The third-order valence-corrected chi connectivity index (χ3v) is 5.95. The van der Waals surface area contributed by atoms with Gasteiger partial charge in [0.1, 0.15) is 17.1 Å². The van der Waals surface area contributed by atoms with Crippen molar-refractivity contribution in [3.05, 3.63) is 71.5 Å². The standard InChI is InChI=1S/C24H25N5O2/c1-15-3-7-18(8-4-15)31-19-9-5-16(6-10-19)21-22(23(25)30)29-24(27-21)20(13-26-29)17-11-12-28(2)14-17/h3-10,13,17,27H,11-12,14H2,1-2H3,(H2,25,30). The number of aromatic amines is 1. The number of rotatable bonds is 5. The number of fused-ring (bicyclic) bond motifs is 1. The molecule has 3 N–H and O–H groups in total. The van der Waals surface area contributed by atoms with Gasteiger partial charge in [-0.05, 0) is 63.3 Å². The lowest BCUT2D eigenvalue weighted by molar-refractivity contribution is 0.0994. The van der Waals surface area contributed by atoms with E-state index in [2.05, 4.69) is 22.0 Å². The van der Waals surface area contributed by atoms with Crippen LogP contribution in [0.4, 0.5) is 0 Å². The minimum Gasteiger partial charge on any atom is -0.457 e. The number of hydrogen-bond acceptors (Lipinski definition) is 4. The third-order valence-electron chi connectivity index (χ3n) is 5.95. The van der Waals surface area contributed by atoms with E-state index in [1.165, 1.54) is 5.56 Å². The Morgan fingerprint density at radius 1 is 1.13 bits per heavy atom. The number of carbonyl (C=O) groups excluding carboxylic acids is 1. The fourth-order valence-corrected chi connectivity index (χ4v) is 4.30. The van der Waals surface area contributed by atoms with Gasteiger partial charge in [-0.3, -0.25) is 4.79 Å². The van der Waals surface area contributed by atoms with Gasteiger partial charge in [-0.15, -0.1) is 0 Å². The van der Waals surface area contributed by atoms with E-state index in [4.69, 9.17) is 10.5 Å². The summed E-state index contributed by atoms with van der Waals surface area (Å²) in [5.41, 5.74) is 10.8. The summed E-state index contributed by atoms with van der Waals surface area (Å²) >= 11 is 0. The maximum atomic E-state index is 12.3. The molecule has 1 amide bonds. The van der Waals surface area contributed by atoms with E-state index in [1.54, 1.807) is 4.52 Å². The Kier molecular flexibility index (Phi) is 4.75. The fourth-order valence-electron chi connectivity index (χ4n) is 4.30. The first kappa shape index (κ1) is 19.4. The van der Waals surface area contributed by atoms with E-state index in [0.717, 1.165) is 47.8 Å². The number of likely N-dealkylation sites (N-methyl/N-ethyl adjacent to an activating group) is 1. The van der Waals surface area contributed by atoms with Crippen LogP contribution in [0.15, 0.2) is 54.7 Å². The number of amides is 1. The Morgan fingerprint density at radius 2 is 1.81 bits per heavy atom. The SMILES string of the molecule is Cc1ccc(Oc2ccc(-c3[nH]c4c(C5CCN(C)C5)cnn4c3C(N)=O)cc2)cc1. The predicted molar refractivity (Wildman–Crippen MR) is 120 cm³/mol. The van der Waals surface area contributed by atoms with Crippen LogP contribution in [0.1, 0.15) is 34.0 Å². The molecule has 1 unspecified atom stereocenters. The summed E-state index contributed by atoms with van der Waals surface area (Å²) in [5.74, 6) is 1.37. The molecule has 3 heterocycles. The summed E-state index contributed by atoms with van der Waals surface area (Å²) in [6.45, 7) is 4.08. The molecular weight excluding hydrogens is 390 g/mol. The predicted octanol–water partition coefficient (Wildman–Crippen LogP) is 3.95. The molecule has 7 heteroatoms. The maximum absolute atomic E-state index is 12.3. The number of H-pyrrole nitrogens is 1. The van der Waals surface area contributed by atoms with Gasteiger partial charge in [0.2, 0.25) is 0 Å². The van der Waals surface area contributed by atoms with Crippen LogP contribution in [-0.4, -0.2) is 45.5 Å². The van der Waals surface area contributed by atoms with Crippen LogP contribution in [0.5, 0.6) is 11.5 Å².